The van der Waals surface area contributed by atoms with Gasteiger partial charge in [-0.15, -0.1) is 0 Å². The molecule has 1 unspecified atom stereocenters. The summed E-state index contributed by atoms with van der Waals surface area (Å²) in [6.07, 6.45) is 0.807. The molecule has 0 aromatic heterocycles. The lowest BCUT2D eigenvalue weighted by Crippen LogP contribution is -2.42. The van der Waals surface area contributed by atoms with Crippen LogP contribution in [0, 0.1) is 11.6 Å². The number of hydrogen-bond acceptors (Lipinski definition) is 2. The minimum Gasteiger partial charge on any atom is -0.383 e. The Balaban J connectivity index is 2.55. The van der Waals surface area contributed by atoms with Crippen molar-refractivity contribution < 1.29 is 22.3 Å². The fraction of sp³-hybridized carbons (Fsp3) is 0.467. The molecule has 0 bridgehead atoms. The van der Waals surface area contributed by atoms with Gasteiger partial charge in [-0.25, -0.2) is 17.6 Å². The van der Waals surface area contributed by atoms with Gasteiger partial charge >= 0.3 is 0 Å². The number of methoxy groups -OCH3 is 1. The smallest absolute Gasteiger partial charge is 0.169 e. The second-order valence-electron chi connectivity index (χ2n) is 5.10. The highest BCUT2D eigenvalue weighted by Crippen LogP contribution is 2.49. The largest absolute Gasteiger partial charge is 0.383 e. The van der Waals surface area contributed by atoms with Crippen LogP contribution in [0.5, 0.6) is 0 Å². The van der Waals surface area contributed by atoms with E-state index in [1.807, 2.05) is 6.92 Å². The minimum atomic E-state index is -1.46. The summed E-state index contributed by atoms with van der Waals surface area (Å²) in [7, 11) is 1.35. The van der Waals surface area contributed by atoms with Gasteiger partial charge in [0.2, 0.25) is 0 Å². The van der Waals surface area contributed by atoms with E-state index in [4.69, 9.17) is 4.74 Å². The van der Waals surface area contributed by atoms with E-state index in [0.717, 1.165) is 12.5 Å². The van der Waals surface area contributed by atoms with E-state index in [-0.39, 0.29) is 18.7 Å². The van der Waals surface area contributed by atoms with Crippen LogP contribution in [0.25, 0.3) is 5.83 Å². The summed E-state index contributed by atoms with van der Waals surface area (Å²) in [5.41, 5.74) is -2.03. The standard InChI is InChI=1S/C15H17F4NO/c1-3-6-20-7-15(8-21-2)9-4-5-10(16)12(17)11(9)13(18)14(15)19/h4-5,20H,3,6-8H2,1-2H3. The van der Waals surface area contributed by atoms with E-state index < -0.39 is 34.3 Å². The van der Waals surface area contributed by atoms with Gasteiger partial charge in [0.1, 0.15) is 0 Å². The van der Waals surface area contributed by atoms with Crippen LogP contribution in [0.2, 0.25) is 0 Å². The van der Waals surface area contributed by atoms with E-state index in [2.05, 4.69) is 5.32 Å². The molecule has 0 radical (unpaired) electrons. The molecule has 0 fully saturated rings. The van der Waals surface area contributed by atoms with Crippen molar-refractivity contribution in [2.24, 2.45) is 0 Å². The first kappa shape index (κ1) is 16.0. The van der Waals surface area contributed by atoms with Gasteiger partial charge in [0.05, 0.1) is 17.6 Å². The predicted molar refractivity (Wildman–Crippen MR) is 72.2 cm³/mol. The van der Waals surface area contributed by atoms with Crippen molar-refractivity contribution >= 4 is 5.83 Å². The Kier molecular flexibility index (Phi) is 4.68. The third-order valence-corrected chi connectivity index (χ3v) is 3.69. The minimum absolute atomic E-state index is 0.0476. The highest BCUT2D eigenvalue weighted by molar-refractivity contribution is 5.75. The number of hydrogen-bond donors (Lipinski definition) is 1. The summed E-state index contributed by atoms with van der Waals surface area (Å²) in [5.74, 6) is -5.04. The molecule has 0 saturated carbocycles. The Bertz CT molecular complexity index is 573. The monoisotopic (exact) mass is 303 g/mol. The van der Waals surface area contributed by atoms with E-state index in [1.165, 1.54) is 13.2 Å². The van der Waals surface area contributed by atoms with Gasteiger partial charge in [0, 0.05) is 13.7 Å². The van der Waals surface area contributed by atoms with Gasteiger partial charge in [-0.2, -0.15) is 0 Å². The van der Waals surface area contributed by atoms with Crippen LogP contribution in [-0.2, 0) is 10.2 Å². The lowest BCUT2D eigenvalue weighted by atomic mass is 9.82. The SMILES string of the molecule is CCCNCC1(COC)C(F)=C(F)c2c1ccc(F)c2F. The van der Waals surface area contributed by atoms with E-state index in [9.17, 15) is 17.6 Å². The molecular weight excluding hydrogens is 286 g/mol. The van der Waals surface area contributed by atoms with Crippen LogP contribution in [-0.4, -0.2) is 26.8 Å². The molecule has 0 saturated heterocycles. The van der Waals surface area contributed by atoms with Crippen LogP contribution in [0.1, 0.15) is 24.5 Å². The second kappa shape index (κ2) is 6.15. The Hall–Kier alpha value is -1.40. The fourth-order valence-corrected chi connectivity index (χ4v) is 2.69. The fourth-order valence-electron chi connectivity index (χ4n) is 2.69. The number of ether oxygens (including phenoxy) is 1. The summed E-state index contributed by atoms with van der Waals surface area (Å²) >= 11 is 0. The van der Waals surface area contributed by atoms with Gasteiger partial charge in [-0.05, 0) is 24.6 Å². The molecule has 1 N–H and O–H groups in total. The lowest BCUT2D eigenvalue weighted by molar-refractivity contribution is 0.134. The molecule has 0 spiro atoms. The lowest BCUT2D eigenvalue weighted by Gasteiger charge is -2.29. The molecule has 1 aromatic rings. The zero-order chi connectivity index (χ0) is 15.6. The number of fused-ring (bicyclic) bond motifs is 1. The van der Waals surface area contributed by atoms with Crippen molar-refractivity contribution in [2.45, 2.75) is 18.8 Å². The molecular formula is C15H17F4NO. The number of rotatable bonds is 6. The van der Waals surface area contributed by atoms with Crippen LogP contribution in [0.3, 0.4) is 0 Å². The van der Waals surface area contributed by atoms with Crippen LogP contribution >= 0.6 is 0 Å². The van der Waals surface area contributed by atoms with E-state index >= 15 is 0 Å². The Morgan fingerprint density at radius 2 is 1.90 bits per heavy atom. The molecule has 0 amide bonds. The molecule has 1 aliphatic rings. The summed E-state index contributed by atoms with van der Waals surface area (Å²) < 4.78 is 60.7. The van der Waals surface area contributed by atoms with E-state index in [0.29, 0.717) is 6.54 Å². The third kappa shape index (κ3) is 2.46. The van der Waals surface area contributed by atoms with Crippen LogP contribution < -0.4 is 5.32 Å². The summed E-state index contributed by atoms with van der Waals surface area (Å²) in [6, 6.07) is 2.09. The van der Waals surface area contributed by atoms with Gasteiger partial charge < -0.3 is 10.1 Å². The number of nitrogens with one attached hydrogen (secondary N) is 1. The predicted octanol–water partition coefficient (Wildman–Crippen LogP) is 3.47. The van der Waals surface area contributed by atoms with Crippen molar-refractivity contribution in [1.29, 1.82) is 0 Å². The van der Waals surface area contributed by atoms with Crippen molar-refractivity contribution in [3.8, 4) is 0 Å². The topological polar surface area (TPSA) is 21.3 Å². The average Bonchev–Trinajstić information content (AvgIpc) is 2.67. The number of benzene rings is 1. The highest BCUT2D eigenvalue weighted by Gasteiger charge is 2.48. The van der Waals surface area contributed by atoms with Gasteiger partial charge in [-0.1, -0.05) is 13.0 Å². The first-order valence-corrected chi connectivity index (χ1v) is 6.73. The first-order valence-electron chi connectivity index (χ1n) is 6.73. The molecule has 2 rings (SSSR count). The summed E-state index contributed by atoms with van der Waals surface area (Å²) in [6.45, 7) is 2.41. The van der Waals surface area contributed by atoms with Crippen LogP contribution in [0.4, 0.5) is 17.6 Å². The first-order chi connectivity index (χ1) is 9.99. The molecule has 21 heavy (non-hydrogen) atoms. The molecule has 1 aromatic carbocycles. The van der Waals surface area contributed by atoms with Gasteiger partial charge in [-0.3, -0.25) is 0 Å². The van der Waals surface area contributed by atoms with Crippen molar-refractivity contribution in [3.05, 3.63) is 40.7 Å². The quantitative estimate of drug-likeness (QED) is 0.642. The maximum Gasteiger partial charge on any atom is 0.169 e. The Morgan fingerprint density at radius 3 is 2.52 bits per heavy atom. The molecule has 0 aliphatic heterocycles. The zero-order valence-electron chi connectivity index (χ0n) is 11.9. The molecule has 2 nitrogen and oxygen atoms in total. The Labute approximate surface area is 120 Å². The molecule has 116 valence electrons. The molecule has 1 aliphatic carbocycles. The average molecular weight is 303 g/mol. The highest BCUT2D eigenvalue weighted by atomic mass is 19.2. The number of halogens is 4. The maximum absolute atomic E-state index is 14.5. The normalized spacial score (nSPS) is 21.0. The van der Waals surface area contributed by atoms with Crippen LogP contribution in [0.15, 0.2) is 18.0 Å². The molecule has 6 heteroatoms. The molecule has 0 heterocycles. The maximum atomic E-state index is 14.5. The van der Waals surface area contributed by atoms with E-state index in [1.54, 1.807) is 0 Å². The second-order valence-corrected chi connectivity index (χ2v) is 5.10. The Morgan fingerprint density at radius 1 is 1.19 bits per heavy atom. The summed E-state index contributed by atoms with van der Waals surface area (Å²) in [4.78, 5) is 0. The molecule has 1 atom stereocenters. The van der Waals surface area contributed by atoms with Gasteiger partial charge in [0.25, 0.3) is 0 Å². The third-order valence-electron chi connectivity index (χ3n) is 3.69. The zero-order valence-corrected chi connectivity index (χ0v) is 11.9. The van der Waals surface area contributed by atoms with Crippen molar-refractivity contribution in [3.63, 3.8) is 0 Å². The summed E-state index contributed by atoms with van der Waals surface area (Å²) in [5, 5.41) is 2.99. The van der Waals surface area contributed by atoms with Crippen molar-refractivity contribution in [2.75, 3.05) is 26.8 Å². The van der Waals surface area contributed by atoms with Gasteiger partial charge in [0.15, 0.2) is 23.3 Å². The van der Waals surface area contributed by atoms with Crippen molar-refractivity contribution in [1.82, 2.24) is 5.32 Å².